The Bertz CT molecular complexity index is 1190. The number of carbonyl (C=O) groups is 1. The molecule has 132 valence electrons. The Kier molecular flexibility index (Phi) is 3.46. The second-order valence-corrected chi connectivity index (χ2v) is 6.76. The number of hydrogen-bond acceptors (Lipinski definition) is 4. The summed E-state index contributed by atoms with van der Waals surface area (Å²) in [6.45, 7) is 2.07. The molecule has 1 aliphatic carbocycles. The van der Waals surface area contributed by atoms with E-state index in [9.17, 15) is 4.79 Å². The summed E-state index contributed by atoms with van der Waals surface area (Å²) in [6.07, 6.45) is 2.40. The van der Waals surface area contributed by atoms with Crippen LogP contribution in [0.3, 0.4) is 0 Å². The standard InChI is InChI=1S/C20H16N6O/c1-11-7-17(11)23-20(27)14-4-2-3-12(8-14)18-15-9-13(19-21-10-22-26-19)5-6-16(15)24-25-18/h2-6,8-11H,7H2,1H3,(H,24,25)(H,21,22,26)/t11-/m0/s1. The number of fused-ring (bicyclic) bond motifs is 1. The van der Waals surface area contributed by atoms with Crippen molar-refractivity contribution in [2.75, 3.05) is 0 Å². The molecule has 7 heteroatoms. The van der Waals surface area contributed by atoms with E-state index in [2.05, 4.69) is 37.3 Å². The van der Waals surface area contributed by atoms with Gasteiger partial charge in [-0.2, -0.15) is 10.2 Å². The maximum atomic E-state index is 12.4. The van der Waals surface area contributed by atoms with Gasteiger partial charge in [-0.3, -0.25) is 15.0 Å². The maximum Gasteiger partial charge on any atom is 0.276 e. The van der Waals surface area contributed by atoms with Crippen LogP contribution in [0.2, 0.25) is 0 Å². The number of hydrogen-bond donors (Lipinski definition) is 2. The first-order valence-electron chi connectivity index (χ1n) is 8.75. The predicted octanol–water partition coefficient (Wildman–Crippen LogP) is 3.64. The molecule has 0 aliphatic heterocycles. The van der Waals surface area contributed by atoms with Crippen LogP contribution < -0.4 is 0 Å². The molecule has 1 fully saturated rings. The fraction of sp³-hybridized carbons (Fsp3) is 0.150. The van der Waals surface area contributed by atoms with Crippen molar-refractivity contribution in [3.05, 3.63) is 54.4 Å². The van der Waals surface area contributed by atoms with Gasteiger partial charge >= 0.3 is 0 Å². The van der Waals surface area contributed by atoms with Gasteiger partial charge in [-0.25, -0.2) is 9.98 Å². The minimum absolute atomic E-state index is 0.196. The minimum atomic E-state index is -0.196. The van der Waals surface area contributed by atoms with Gasteiger partial charge in [-0.05, 0) is 42.7 Å². The Morgan fingerprint density at radius 2 is 2.04 bits per heavy atom. The SMILES string of the molecule is C[C@H]1CC1=NC(=O)c1cccc(-c2n[nH]c3ccc(-c4ncn[nH]4)cc23)c1. The van der Waals surface area contributed by atoms with E-state index < -0.39 is 0 Å². The molecule has 0 radical (unpaired) electrons. The van der Waals surface area contributed by atoms with Gasteiger partial charge in [0.1, 0.15) is 6.33 Å². The second-order valence-electron chi connectivity index (χ2n) is 6.76. The number of carbonyl (C=O) groups excluding carboxylic acids is 1. The van der Waals surface area contributed by atoms with Crippen LogP contribution in [0, 0.1) is 5.92 Å². The van der Waals surface area contributed by atoms with Gasteiger partial charge in [-0.1, -0.05) is 19.1 Å². The average Bonchev–Trinajstić information content (AvgIpc) is 3.12. The Morgan fingerprint density at radius 3 is 2.81 bits per heavy atom. The molecule has 0 bridgehead atoms. The second kappa shape index (κ2) is 5.98. The largest absolute Gasteiger partial charge is 0.277 e. The summed E-state index contributed by atoms with van der Waals surface area (Å²) >= 11 is 0. The van der Waals surface area contributed by atoms with E-state index in [0.29, 0.717) is 17.3 Å². The highest BCUT2D eigenvalue weighted by atomic mass is 16.1. The molecule has 2 N–H and O–H groups in total. The first-order valence-corrected chi connectivity index (χ1v) is 8.75. The molecular formula is C20H16N6O. The van der Waals surface area contributed by atoms with Crippen molar-refractivity contribution in [1.29, 1.82) is 0 Å². The van der Waals surface area contributed by atoms with Crippen LogP contribution in [0.15, 0.2) is 53.8 Å². The van der Waals surface area contributed by atoms with Crippen molar-refractivity contribution in [2.24, 2.45) is 10.9 Å². The molecule has 0 saturated heterocycles. The highest BCUT2D eigenvalue weighted by Gasteiger charge is 2.27. The van der Waals surface area contributed by atoms with Crippen LogP contribution in [0.5, 0.6) is 0 Å². The molecule has 1 saturated carbocycles. The lowest BCUT2D eigenvalue weighted by atomic mass is 10.0. The van der Waals surface area contributed by atoms with Crippen molar-refractivity contribution in [2.45, 2.75) is 13.3 Å². The lowest BCUT2D eigenvalue weighted by molar-refractivity contribution is 0.100. The third-order valence-corrected chi connectivity index (χ3v) is 4.80. The Morgan fingerprint density at radius 1 is 1.15 bits per heavy atom. The van der Waals surface area contributed by atoms with Crippen LogP contribution in [0.25, 0.3) is 33.5 Å². The molecule has 2 heterocycles. The van der Waals surface area contributed by atoms with E-state index in [4.69, 9.17) is 0 Å². The number of aliphatic imine (C=N–C) groups is 1. The summed E-state index contributed by atoms with van der Waals surface area (Å²) in [5.41, 5.74) is 5.04. The molecule has 0 spiro atoms. The molecule has 27 heavy (non-hydrogen) atoms. The summed E-state index contributed by atoms with van der Waals surface area (Å²) in [7, 11) is 0. The smallest absolute Gasteiger partial charge is 0.276 e. The van der Waals surface area contributed by atoms with Crippen molar-refractivity contribution >= 4 is 22.5 Å². The number of nitrogens with zero attached hydrogens (tertiary/aromatic N) is 4. The normalized spacial score (nSPS) is 17.5. The monoisotopic (exact) mass is 356 g/mol. The summed E-state index contributed by atoms with van der Waals surface area (Å²) in [6, 6.07) is 13.4. The molecule has 1 aliphatic rings. The van der Waals surface area contributed by atoms with Crippen LogP contribution in [0.4, 0.5) is 0 Å². The Balaban J connectivity index is 1.56. The average molecular weight is 356 g/mol. The van der Waals surface area contributed by atoms with Gasteiger partial charge < -0.3 is 0 Å². The molecular weight excluding hydrogens is 340 g/mol. The van der Waals surface area contributed by atoms with Gasteiger partial charge in [0, 0.05) is 27.8 Å². The van der Waals surface area contributed by atoms with Crippen molar-refractivity contribution in [3.8, 4) is 22.6 Å². The zero-order valence-electron chi connectivity index (χ0n) is 14.6. The number of aromatic amines is 2. The molecule has 2 aromatic heterocycles. The number of aromatic nitrogens is 5. The predicted molar refractivity (Wildman–Crippen MR) is 102 cm³/mol. The molecule has 1 amide bonds. The first-order chi connectivity index (χ1) is 13.2. The number of amides is 1. The maximum absolute atomic E-state index is 12.4. The van der Waals surface area contributed by atoms with Crippen molar-refractivity contribution in [3.63, 3.8) is 0 Å². The van der Waals surface area contributed by atoms with E-state index >= 15 is 0 Å². The highest BCUT2D eigenvalue weighted by molar-refractivity contribution is 6.11. The van der Waals surface area contributed by atoms with Gasteiger partial charge in [0.15, 0.2) is 5.82 Å². The summed E-state index contributed by atoms with van der Waals surface area (Å²) in [4.78, 5) is 20.8. The number of benzene rings is 2. The minimum Gasteiger partial charge on any atom is -0.277 e. The fourth-order valence-corrected chi connectivity index (χ4v) is 3.13. The van der Waals surface area contributed by atoms with Gasteiger partial charge in [0.05, 0.1) is 11.2 Å². The van der Waals surface area contributed by atoms with Crippen LogP contribution in [-0.4, -0.2) is 37.0 Å². The van der Waals surface area contributed by atoms with E-state index in [-0.39, 0.29) is 5.91 Å². The van der Waals surface area contributed by atoms with E-state index in [1.165, 1.54) is 6.33 Å². The molecule has 5 rings (SSSR count). The molecule has 1 atom stereocenters. The van der Waals surface area contributed by atoms with Crippen LogP contribution >= 0.6 is 0 Å². The van der Waals surface area contributed by atoms with E-state index in [0.717, 1.165) is 39.9 Å². The lowest BCUT2D eigenvalue weighted by Crippen LogP contribution is -1.96. The molecule has 2 aromatic carbocycles. The molecule has 4 aromatic rings. The summed E-state index contributed by atoms with van der Waals surface area (Å²) in [5, 5.41) is 15.2. The highest BCUT2D eigenvalue weighted by Crippen LogP contribution is 2.30. The summed E-state index contributed by atoms with van der Waals surface area (Å²) in [5.74, 6) is 0.933. The fourth-order valence-electron chi connectivity index (χ4n) is 3.13. The third-order valence-electron chi connectivity index (χ3n) is 4.80. The number of rotatable bonds is 3. The number of H-pyrrole nitrogens is 2. The van der Waals surface area contributed by atoms with Gasteiger partial charge in [0.25, 0.3) is 5.91 Å². The Hall–Kier alpha value is -3.61. The quantitative estimate of drug-likeness (QED) is 0.585. The lowest BCUT2D eigenvalue weighted by Gasteiger charge is -2.02. The Labute approximate surface area is 154 Å². The first kappa shape index (κ1) is 15.6. The van der Waals surface area contributed by atoms with Crippen molar-refractivity contribution < 1.29 is 4.79 Å². The van der Waals surface area contributed by atoms with E-state index in [1.807, 2.05) is 36.4 Å². The van der Waals surface area contributed by atoms with Crippen LogP contribution in [0.1, 0.15) is 23.7 Å². The third kappa shape index (κ3) is 2.83. The zero-order chi connectivity index (χ0) is 18.4. The topological polar surface area (TPSA) is 99.7 Å². The zero-order valence-corrected chi connectivity index (χ0v) is 14.6. The molecule has 7 nitrogen and oxygen atoms in total. The molecule has 0 unspecified atom stereocenters. The van der Waals surface area contributed by atoms with Gasteiger partial charge in [0.2, 0.25) is 0 Å². The summed E-state index contributed by atoms with van der Waals surface area (Å²) < 4.78 is 0. The number of nitrogens with one attached hydrogen (secondary N) is 2. The van der Waals surface area contributed by atoms with Crippen molar-refractivity contribution in [1.82, 2.24) is 25.4 Å². The van der Waals surface area contributed by atoms with Crippen LogP contribution in [-0.2, 0) is 0 Å². The van der Waals surface area contributed by atoms with E-state index in [1.54, 1.807) is 6.07 Å². The van der Waals surface area contributed by atoms with Gasteiger partial charge in [-0.15, -0.1) is 0 Å².